The van der Waals surface area contributed by atoms with Gasteiger partial charge >= 0.3 is 0 Å². The number of hydrogen-bond acceptors (Lipinski definition) is 3. The van der Waals surface area contributed by atoms with Gasteiger partial charge in [-0.15, -0.1) is 0 Å². The normalized spacial score (nSPS) is 17.8. The van der Waals surface area contributed by atoms with Crippen LogP contribution in [0.25, 0.3) is 0 Å². The van der Waals surface area contributed by atoms with Gasteiger partial charge in [-0.2, -0.15) is 0 Å². The summed E-state index contributed by atoms with van der Waals surface area (Å²) < 4.78 is 14.4. The average molecular weight is 378 g/mol. The minimum atomic E-state index is -0.211. The summed E-state index contributed by atoms with van der Waals surface area (Å²) in [5, 5.41) is 6.61. The van der Waals surface area contributed by atoms with E-state index in [1.165, 1.54) is 0 Å². The van der Waals surface area contributed by atoms with Gasteiger partial charge in [-0.3, -0.25) is 4.79 Å². The van der Waals surface area contributed by atoms with E-state index in [1.54, 1.807) is 11.0 Å². The molecule has 2 rings (SSSR count). The fourth-order valence-electron chi connectivity index (χ4n) is 3.28. The Morgan fingerprint density at radius 2 is 2.07 bits per heavy atom. The zero-order valence-corrected chi connectivity index (χ0v) is 16.9. The van der Waals surface area contributed by atoms with E-state index in [2.05, 4.69) is 15.6 Å². The molecule has 1 unspecified atom stereocenters. The van der Waals surface area contributed by atoms with Gasteiger partial charge in [0.2, 0.25) is 5.91 Å². The molecule has 27 heavy (non-hydrogen) atoms. The molecular formula is C20H32FN5O. The molecule has 1 aliphatic rings. The number of piperidine rings is 1. The largest absolute Gasteiger partial charge is 0.370 e. The van der Waals surface area contributed by atoms with Crippen LogP contribution in [-0.4, -0.2) is 56.0 Å². The van der Waals surface area contributed by atoms with Crippen LogP contribution in [0, 0.1) is 5.82 Å². The van der Waals surface area contributed by atoms with E-state index in [-0.39, 0.29) is 17.8 Å². The van der Waals surface area contributed by atoms with Crippen molar-refractivity contribution in [3.63, 3.8) is 0 Å². The lowest BCUT2D eigenvalue weighted by Gasteiger charge is -2.31. The fourth-order valence-corrected chi connectivity index (χ4v) is 3.28. The molecule has 1 saturated heterocycles. The highest BCUT2D eigenvalue weighted by atomic mass is 19.1. The predicted octanol–water partition coefficient (Wildman–Crippen LogP) is 2.35. The summed E-state index contributed by atoms with van der Waals surface area (Å²) in [5.41, 5.74) is 1.46. The number of carbonyl (C=O) groups excluding carboxylic acids is 1. The molecule has 0 spiro atoms. The number of halogens is 1. The number of benzene rings is 1. The van der Waals surface area contributed by atoms with Gasteiger partial charge in [-0.25, -0.2) is 9.38 Å². The Hall–Kier alpha value is -2.31. The van der Waals surface area contributed by atoms with Crippen molar-refractivity contribution >= 4 is 17.6 Å². The number of likely N-dealkylation sites (N-methyl/N-ethyl adjacent to an activating group) is 1. The fraction of sp³-hybridized carbons (Fsp3) is 0.600. The summed E-state index contributed by atoms with van der Waals surface area (Å²) in [6, 6.07) is 5.49. The zero-order valence-electron chi connectivity index (χ0n) is 16.9. The second kappa shape index (κ2) is 10.1. The maximum Gasteiger partial charge on any atom is 0.222 e. The molecule has 1 amide bonds. The third-order valence-electron chi connectivity index (χ3n) is 4.85. The molecule has 1 aromatic carbocycles. The highest BCUT2D eigenvalue weighted by Crippen LogP contribution is 2.20. The van der Waals surface area contributed by atoms with Crippen LogP contribution in [0.5, 0.6) is 0 Å². The molecule has 6 nitrogen and oxygen atoms in total. The molecule has 0 bridgehead atoms. The first-order chi connectivity index (χ1) is 13.0. The average Bonchev–Trinajstić information content (AvgIpc) is 2.65. The smallest absolute Gasteiger partial charge is 0.222 e. The first-order valence-electron chi connectivity index (χ1n) is 9.80. The van der Waals surface area contributed by atoms with Crippen molar-refractivity contribution in [2.24, 2.45) is 4.99 Å². The molecule has 7 heteroatoms. The predicted molar refractivity (Wildman–Crippen MR) is 109 cm³/mol. The molecule has 0 radical (unpaired) electrons. The number of nitrogens with zero attached hydrogens (tertiary/aromatic N) is 3. The highest BCUT2D eigenvalue weighted by Gasteiger charge is 2.23. The summed E-state index contributed by atoms with van der Waals surface area (Å²) >= 11 is 0. The molecule has 0 aliphatic carbocycles. The van der Waals surface area contributed by atoms with E-state index in [0.717, 1.165) is 31.6 Å². The molecule has 2 N–H and O–H groups in total. The second-order valence-corrected chi connectivity index (χ2v) is 6.81. The number of anilines is 1. The van der Waals surface area contributed by atoms with Crippen molar-refractivity contribution in [3.05, 3.63) is 29.6 Å². The molecule has 1 aliphatic heterocycles. The van der Waals surface area contributed by atoms with Gasteiger partial charge in [0.25, 0.3) is 0 Å². The third-order valence-corrected chi connectivity index (χ3v) is 4.85. The zero-order chi connectivity index (χ0) is 19.8. The van der Waals surface area contributed by atoms with Crippen LogP contribution in [0.1, 0.15) is 39.2 Å². The van der Waals surface area contributed by atoms with Gasteiger partial charge in [-0.05, 0) is 44.9 Å². The monoisotopic (exact) mass is 377 g/mol. The number of amides is 1. The number of hydrogen-bond donors (Lipinski definition) is 2. The SMILES string of the molecule is CCNC(=NCc1ccc(N(CC)CC)c(F)c1)NC1CCC(=O)N(C)C1. The van der Waals surface area contributed by atoms with Gasteiger partial charge < -0.3 is 20.4 Å². The Bertz CT molecular complexity index is 660. The number of nitrogens with one attached hydrogen (secondary N) is 2. The topological polar surface area (TPSA) is 60.0 Å². The van der Waals surface area contributed by atoms with Crippen LogP contribution < -0.4 is 15.5 Å². The first-order valence-corrected chi connectivity index (χ1v) is 9.80. The summed E-state index contributed by atoms with van der Waals surface area (Å²) in [6.45, 7) is 9.39. The van der Waals surface area contributed by atoms with Crippen molar-refractivity contribution in [1.82, 2.24) is 15.5 Å². The maximum atomic E-state index is 14.4. The van der Waals surface area contributed by atoms with E-state index in [9.17, 15) is 9.18 Å². The van der Waals surface area contributed by atoms with Gasteiger partial charge in [0.1, 0.15) is 5.82 Å². The van der Waals surface area contributed by atoms with Crippen molar-refractivity contribution in [1.29, 1.82) is 0 Å². The lowest BCUT2D eigenvalue weighted by Crippen LogP contribution is -2.51. The van der Waals surface area contributed by atoms with Gasteiger partial charge in [-0.1, -0.05) is 6.07 Å². The van der Waals surface area contributed by atoms with Gasteiger partial charge in [0.15, 0.2) is 5.96 Å². The molecule has 1 heterocycles. The van der Waals surface area contributed by atoms with E-state index < -0.39 is 0 Å². The van der Waals surface area contributed by atoms with Crippen LogP contribution in [0.15, 0.2) is 23.2 Å². The first kappa shape index (κ1) is 21.0. The molecule has 1 aromatic rings. The lowest BCUT2D eigenvalue weighted by atomic mass is 10.1. The van der Waals surface area contributed by atoms with E-state index in [1.807, 2.05) is 44.9 Å². The van der Waals surface area contributed by atoms with Crippen LogP contribution in [0.2, 0.25) is 0 Å². The Morgan fingerprint density at radius 1 is 1.33 bits per heavy atom. The Kier molecular flexibility index (Phi) is 7.88. The number of guanidine groups is 1. The summed E-state index contributed by atoms with van der Waals surface area (Å²) in [4.78, 5) is 20.0. The summed E-state index contributed by atoms with van der Waals surface area (Å²) in [6.07, 6.45) is 1.34. The molecule has 1 atom stereocenters. The Morgan fingerprint density at radius 3 is 2.67 bits per heavy atom. The van der Waals surface area contributed by atoms with Crippen LogP contribution in [0.4, 0.5) is 10.1 Å². The molecule has 0 saturated carbocycles. The van der Waals surface area contributed by atoms with E-state index >= 15 is 0 Å². The molecule has 1 fully saturated rings. The van der Waals surface area contributed by atoms with Crippen LogP contribution in [0.3, 0.4) is 0 Å². The summed E-state index contributed by atoms with van der Waals surface area (Å²) in [7, 11) is 1.82. The third kappa shape index (κ3) is 5.84. The Balaban J connectivity index is 2.03. The molecular weight excluding hydrogens is 345 g/mol. The van der Waals surface area contributed by atoms with Crippen molar-refractivity contribution in [3.8, 4) is 0 Å². The molecule has 150 valence electrons. The highest BCUT2D eigenvalue weighted by molar-refractivity contribution is 5.81. The van der Waals surface area contributed by atoms with Crippen molar-refractivity contribution < 1.29 is 9.18 Å². The number of aliphatic imine (C=N–C) groups is 1. The van der Waals surface area contributed by atoms with Crippen LogP contribution >= 0.6 is 0 Å². The second-order valence-electron chi connectivity index (χ2n) is 6.81. The van der Waals surface area contributed by atoms with E-state index in [0.29, 0.717) is 31.2 Å². The Labute approximate surface area is 161 Å². The summed E-state index contributed by atoms with van der Waals surface area (Å²) in [5.74, 6) is 0.661. The quantitative estimate of drug-likeness (QED) is 0.566. The lowest BCUT2D eigenvalue weighted by molar-refractivity contribution is -0.132. The number of rotatable bonds is 7. The van der Waals surface area contributed by atoms with Crippen LogP contribution in [-0.2, 0) is 11.3 Å². The standard InChI is InChI=1S/C20H32FN5O/c1-5-22-20(24-16-9-11-19(27)25(4)14-16)23-13-15-8-10-18(17(21)12-15)26(6-2)7-3/h8,10,12,16H,5-7,9,11,13-14H2,1-4H3,(H2,22,23,24). The molecule has 0 aromatic heterocycles. The maximum absolute atomic E-state index is 14.4. The van der Waals surface area contributed by atoms with E-state index in [4.69, 9.17) is 0 Å². The van der Waals surface area contributed by atoms with Crippen molar-refractivity contribution in [2.45, 2.75) is 46.2 Å². The van der Waals surface area contributed by atoms with Gasteiger partial charge in [0, 0.05) is 45.7 Å². The van der Waals surface area contributed by atoms with Gasteiger partial charge in [0.05, 0.1) is 12.2 Å². The number of likely N-dealkylation sites (tertiary alicyclic amines) is 1. The minimum absolute atomic E-state index is 0.173. The van der Waals surface area contributed by atoms with Crippen molar-refractivity contribution in [2.75, 3.05) is 38.1 Å². The minimum Gasteiger partial charge on any atom is -0.370 e. The number of carbonyl (C=O) groups is 1.